The molecule has 2 saturated heterocycles. The molecule has 0 bridgehead atoms. The summed E-state index contributed by atoms with van der Waals surface area (Å²) in [5.74, 6) is 2.03. The molecule has 3 aliphatic rings. The van der Waals surface area contributed by atoms with Crippen molar-refractivity contribution in [2.75, 3.05) is 44.3 Å². The van der Waals surface area contributed by atoms with Crippen LogP contribution in [0.1, 0.15) is 37.4 Å². The van der Waals surface area contributed by atoms with E-state index >= 15 is 0 Å². The van der Waals surface area contributed by atoms with Gasteiger partial charge in [-0.3, -0.25) is 4.90 Å². The molecule has 2 aliphatic heterocycles. The second-order valence-corrected chi connectivity index (χ2v) is 7.19. The van der Waals surface area contributed by atoms with Crippen LogP contribution in [-0.4, -0.2) is 60.3 Å². The second kappa shape index (κ2) is 6.73. The molecule has 0 amide bonds. The van der Waals surface area contributed by atoms with Crippen molar-refractivity contribution in [3.8, 4) is 0 Å². The third-order valence-electron chi connectivity index (χ3n) is 6.00. The van der Waals surface area contributed by atoms with Gasteiger partial charge in [0.25, 0.3) is 0 Å². The van der Waals surface area contributed by atoms with E-state index in [2.05, 4.69) is 26.7 Å². The quantitative estimate of drug-likeness (QED) is 0.852. The molecule has 0 aromatic carbocycles. The summed E-state index contributed by atoms with van der Waals surface area (Å²) in [5.41, 5.74) is 2.71. The van der Waals surface area contributed by atoms with Gasteiger partial charge in [0.15, 0.2) is 0 Å². The number of anilines is 1. The lowest BCUT2D eigenvalue weighted by atomic mass is 9.89. The summed E-state index contributed by atoms with van der Waals surface area (Å²) in [6.07, 6.45) is 7.85. The van der Waals surface area contributed by atoms with Crippen LogP contribution in [0.25, 0.3) is 0 Å². The van der Waals surface area contributed by atoms with Crippen molar-refractivity contribution in [1.82, 2.24) is 14.9 Å². The van der Waals surface area contributed by atoms with E-state index in [1.807, 2.05) is 0 Å². The van der Waals surface area contributed by atoms with Crippen LogP contribution in [0.5, 0.6) is 0 Å². The van der Waals surface area contributed by atoms with Gasteiger partial charge < -0.3 is 9.64 Å². The van der Waals surface area contributed by atoms with E-state index in [4.69, 9.17) is 4.74 Å². The highest BCUT2D eigenvalue weighted by Crippen LogP contribution is 2.32. The van der Waals surface area contributed by atoms with Crippen molar-refractivity contribution in [3.63, 3.8) is 0 Å². The number of morpholine rings is 1. The summed E-state index contributed by atoms with van der Waals surface area (Å²) >= 11 is 0. The number of fused-ring (bicyclic) bond motifs is 1. The van der Waals surface area contributed by atoms with Crippen LogP contribution in [0.4, 0.5) is 5.82 Å². The first-order valence-electron chi connectivity index (χ1n) is 9.22. The summed E-state index contributed by atoms with van der Waals surface area (Å²) in [6.45, 7) is 8.69. The van der Waals surface area contributed by atoms with Gasteiger partial charge in [-0.2, -0.15) is 0 Å². The highest BCUT2D eigenvalue weighted by Gasteiger charge is 2.30. The van der Waals surface area contributed by atoms with Crippen molar-refractivity contribution < 1.29 is 4.74 Å². The molecule has 2 fully saturated rings. The zero-order valence-electron chi connectivity index (χ0n) is 14.2. The molecule has 23 heavy (non-hydrogen) atoms. The fourth-order valence-corrected chi connectivity index (χ4v) is 4.49. The number of ether oxygens (including phenoxy) is 1. The molecule has 126 valence electrons. The van der Waals surface area contributed by atoms with E-state index in [0.717, 1.165) is 58.2 Å². The van der Waals surface area contributed by atoms with Crippen LogP contribution < -0.4 is 4.90 Å². The molecule has 5 nitrogen and oxygen atoms in total. The summed E-state index contributed by atoms with van der Waals surface area (Å²) in [6, 6.07) is 0.678. The van der Waals surface area contributed by atoms with E-state index in [1.165, 1.54) is 36.3 Å². The Bertz CT molecular complexity index is 536. The summed E-state index contributed by atoms with van der Waals surface area (Å²) < 4.78 is 5.49. The fourth-order valence-electron chi connectivity index (χ4n) is 4.49. The number of aromatic nitrogens is 2. The number of nitrogens with zero attached hydrogens (tertiary/aromatic N) is 4. The Morgan fingerprint density at radius 1 is 1.09 bits per heavy atom. The van der Waals surface area contributed by atoms with Gasteiger partial charge in [0.2, 0.25) is 0 Å². The fraction of sp³-hybridized carbons (Fsp3) is 0.778. The van der Waals surface area contributed by atoms with Crippen LogP contribution in [0.15, 0.2) is 6.33 Å². The van der Waals surface area contributed by atoms with Crippen molar-refractivity contribution >= 4 is 5.82 Å². The van der Waals surface area contributed by atoms with E-state index in [0.29, 0.717) is 6.04 Å². The van der Waals surface area contributed by atoms with Crippen LogP contribution >= 0.6 is 0 Å². The zero-order chi connectivity index (χ0) is 15.6. The summed E-state index contributed by atoms with van der Waals surface area (Å²) in [7, 11) is 0. The Labute approximate surface area is 139 Å². The van der Waals surface area contributed by atoms with Crippen molar-refractivity contribution in [2.45, 2.75) is 45.1 Å². The van der Waals surface area contributed by atoms with E-state index in [-0.39, 0.29) is 0 Å². The van der Waals surface area contributed by atoms with E-state index in [9.17, 15) is 0 Å². The molecule has 0 radical (unpaired) electrons. The maximum atomic E-state index is 5.49. The molecule has 3 heterocycles. The number of hydrogen-bond donors (Lipinski definition) is 0. The third-order valence-corrected chi connectivity index (χ3v) is 6.00. The first-order valence-corrected chi connectivity index (χ1v) is 9.22. The largest absolute Gasteiger partial charge is 0.379 e. The second-order valence-electron chi connectivity index (χ2n) is 7.19. The Morgan fingerprint density at radius 2 is 1.87 bits per heavy atom. The molecule has 5 heteroatoms. The van der Waals surface area contributed by atoms with Gasteiger partial charge in [0, 0.05) is 43.5 Å². The minimum Gasteiger partial charge on any atom is -0.379 e. The minimum absolute atomic E-state index is 0.678. The topological polar surface area (TPSA) is 41.5 Å². The zero-order valence-corrected chi connectivity index (χ0v) is 14.2. The molecule has 0 spiro atoms. The normalized spacial score (nSPS) is 24.7. The lowest BCUT2D eigenvalue weighted by molar-refractivity contribution is 0.00447. The molecule has 0 saturated carbocycles. The summed E-state index contributed by atoms with van der Waals surface area (Å²) in [5, 5.41) is 0. The summed E-state index contributed by atoms with van der Waals surface area (Å²) in [4.78, 5) is 14.2. The molecule has 1 aromatic rings. The van der Waals surface area contributed by atoms with Crippen molar-refractivity contribution in [1.29, 1.82) is 0 Å². The predicted molar refractivity (Wildman–Crippen MR) is 90.8 cm³/mol. The molecule has 1 aromatic heterocycles. The van der Waals surface area contributed by atoms with Gasteiger partial charge in [0.1, 0.15) is 12.1 Å². The third kappa shape index (κ3) is 3.09. The van der Waals surface area contributed by atoms with Gasteiger partial charge in [-0.15, -0.1) is 0 Å². The molecule has 1 atom stereocenters. The minimum atomic E-state index is 0.678. The van der Waals surface area contributed by atoms with E-state index in [1.54, 1.807) is 6.33 Å². The lowest BCUT2D eigenvalue weighted by Gasteiger charge is -2.41. The monoisotopic (exact) mass is 316 g/mol. The smallest absolute Gasteiger partial charge is 0.135 e. The van der Waals surface area contributed by atoms with Crippen LogP contribution in [0.3, 0.4) is 0 Å². The molecule has 4 rings (SSSR count). The number of piperidine rings is 1. The van der Waals surface area contributed by atoms with Crippen molar-refractivity contribution in [3.05, 3.63) is 17.6 Å². The maximum absolute atomic E-state index is 5.49. The molecular weight excluding hydrogens is 288 g/mol. The SMILES string of the molecule is C[C@@H](C1CCN(c2ncnc3c2CCC3)CC1)N1CCOCC1. The molecule has 0 N–H and O–H groups in total. The standard InChI is InChI=1S/C18H28N4O/c1-14(21-9-11-23-12-10-21)15-5-7-22(8-6-15)18-16-3-2-4-17(16)19-13-20-18/h13-15H,2-12H2,1H3/t14-/m0/s1. The maximum Gasteiger partial charge on any atom is 0.135 e. The van der Waals surface area contributed by atoms with Crippen LogP contribution in [-0.2, 0) is 17.6 Å². The molecular formula is C18H28N4O. The van der Waals surface area contributed by atoms with Gasteiger partial charge >= 0.3 is 0 Å². The Hall–Kier alpha value is -1.20. The number of hydrogen-bond acceptors (Lipinski definition) is 5. The number of rotatable bonds is 3. The average Bonchev–Trinajstić information content (AvgIpc) is 3.11. The molecule has 0 unspecified atom stereocenters. The van der Waals surface area contributed by atoms with Gasteiger partial charge in [0.05, 0.1) is 13.2 Å². The van der Waals surface area contributed by atoms with Gasteiger partial charge in [-0.1, -0.05) is 0 Å². The van der Waals surface area contributed by atoms with Gasteiger partial charge in [-0.25, -0.2) is 9.97 Å². The Kier molecular flexibility index (Phi) is 4.49. The molecule has 1 aliphatic carbocycles. The Balaban J connectivity index is 1.38. The number of aryl methyl sites for hydroxylation is 1. The van der Waals surface area contributed by atoms with E-state index < -0.39 is 0 Å². The van der Waals surface area contributed by atoms with Crippen LogP contribution in [0, 0.1) is 5.92 Å². The Morgan fingerprint density at radius 3 is 2.65 bits per heavy atom. The first kappa shape index (κ1) is 15.3. The van der Waals surface area contributed by atoms with Crippen molar-refractivity contribution in [2.24, 2.45) is 5.92 Å². The lowest BCUT2D eigenvalue weighted by Crippen LogP contribution is -2.48. The van der Waals surface area contributed by atoms with Gasteiger partial charge in [-0.05, 0) is 44.9 Å². The average molecular weight is 316 g/mol. The van der Waals surface area contributed by atoms with Crippen LogP contribution in [0.2, 0.25) is 0 Å². The predicted octanol–water partition coefficient (Wildman–Crippen LogP) is 1.90. The first-order chi connectivity index (χ1) is 11.3. The highest BCUT2D eigenvalue weighted by atomic mass is 16.5. The highest BCUT2D eigenvalue weighted by molar-refractivity contribution is 5.50.